The van der Waals surface area contributed by atoms with Crippen molar-refractivity contribution in [2.45, 2.75) is 55.3 Å². The molecule has 0 aliphatic heterocycles. The van der Waals surface area contributed by atoms with Crippen LogP contribution in [0.4, 0.5) is 10.5 Å². The van der Waals surface area contributed by atoms with E-state index in [9.17, 15) is 23.1 Å². The quantitative estimate of drug-likeness (QED) is 0.203. The average Bonchev–Trinajstić information content (AvgIpc) is 3.26. The van der Waals surface area contributed by atoms with Crippen molar-refractivity contribution in [2.24, 2.45) is 11.7 Å². The highest BCUT2D eigenvalue weighted by atomic mass is 32.2. The molecule has 0 radical (unpaired) electrons. The maximum absolute atomic E-state index is 14.0. The summed E-state index contributed by atoms with van der Waals surface area (Å²) in [4.78, 5) is 27.3. The lowest BCUT2D eigenvalue weighted by Crippen LogP contribution is -2.55. The van der Waals surface area contributed by atoms with E-state index in [1.807, 2.05) is 48.5 Å². The minimum Gasteiger partial charge on any atom is -0.480 e. The summed E-state index contributed by atoms with van der Waals surface area (Å²) >= 11 is 0. The SMILES string of the molecule is CC(C)C(N(C(=O)OCC1c2ccccc2-c2ccccc21)[C@@H](CCCCN)C(=O)O)S(=O)(=O)c1ccc(N)cc1. The van der Waals surface area contributed by atoms with Crippen molar-refractivity contribution in [3.63, 3.8) is 0 Å². The van der Waals surface area contributed by atoms with Crippen LogP contribution in [0.1, 0.15) is 50.2 Å². The molecule has 0 fully saturated rings. The number of nitrogen functional groups attached to an aromatic ring is 1. The van der Waals surface area contributed by atoms with Gasteiger partial charge in [0.15, 0.2) is 9.84 Å². The lowest BCUT2D eigenvalue weighted by Gasteiger charge is -2.37. The number of ether oxygens (including phenoxy) is 1. The zero-order valence-corrected chi connectivity index (χ0v) is 24.1. The van der Waals surface area contributed by atoms with E-state index in [0.29, 0.717) is 25.1 Å². The van der Waals surface area contributed by atoms with E-state index in [1.54, 1.807) is 13.8 Å². The first-order valence-electron chi connectivity index (χ1n) is 13.7. The van der Waals surface area contributed by atoms with Crippen LogP contribution >= 0.6 is 0 Å². The fourth-order valence-corrected chi connectivity index (χ4v) is 7.61. The molecule has 218 valence electrons. The van der Waals surface area contributed by atoms with E-state index < -0.39 is 39.2 Å². The van der Waals surface area contributed by atoms with Gasteiger partial charge in [0.25, 0.3) is 0 Å². The minimum absolute atomic E-state index is 0.0250. The minimum atomic E-state index is -4.22. The van der Waals surface area contributed by atoms with Crippen LogP contribution in [0.3, 0.4) is 0 Å². The number of nitrogens with zero attached hydrogens (tertiary/aromatic N) is 1. The Balaban J connectivity index is 1.72. The number of amides is 1. The zero-order chi connectivity index (χ0) is 29.7. The fourth-order valence-electron chi connectivity index (χ4n) is 5.57. The topological polar surface area (TPSA) is 153 Å². The van der Waals surface area contributed by atoms with Gasteiger partial charge in [0.2, 0.25) is 0 Å². The first-order chi connectivity index (χ1) is 19.6. The summed E-state index contributed by atoms with van der Waals surface area (Å²) < 4.78 is 33.8. The molecule has 0 heterocycles. The molecule has 4 rings (SSSR count). The van der Waals surface area contributed by atoms with Crippen LogP contribution in [-0.2, 0) is 19.4 Å². The third kappa shape index (κ3) is 6.23. The van der Waals surface area contributed by atoms with E-state index in [0.717, 1.165) is 27.2 Å². The van der Waals surface area contributed by atoms with Gasteiger partial charge < -0.3 is 21.3 Å². The molecule has 0 spiro atoms. The molecule has 5 N–H and O–H groups in total. The monoisotopic (exact) mass is 579 g/mol. The lowest BCUT2D eigenvalue weighted by molar-refractivity contribution is -0.143. The second-order valence-electron chi connectivity index (χ2n) is 10.6. The number of hydrogen-bond acceptors (Lipinski definition) is 7. The molecule has 3 aromatic carbocycles. The van der Waals surface area contributed by atoms with Crippen molar-refractivity contribution >= 4 is 27.6 Å². The Labute approximate surface area is 241 Å². The lowest BCUT2D eigenvalue weighted by atomic mass is 9.98. The van der Waals surface area contributed by atoms with Crippen molar-refractivity contribution in [3.05, 3.63) is 83.9 Å². The standard InChI is InChI=1S/C31H37N3O6S/c1-20(2)29(41(38,39)22-16-14-21(33)15-17-22)34(28(30(35)36)13-7-8-18-32)31(37)40-19-27-25-11-5-3-9-23(25)24-10-4-6-12-26(24)27/h3-6,9-12,14-17,20,27-29H,7-8,13,18-19,32-33H2,1-2H3,(H,35,36)/t28-,29?/m0/s1. The maximum atomic E-state index is 14.0. The molecule has 0 saturated carbocycles. The molecule has 9 nitrogen and oxygen atoms in total. The number of anilines is 1. The summed E-state index contributed by atoms with van der Waals surface area (Å²) in [6.45, 7) is 3.55. The predicted molar refractivity (Wildman–Crippen MR) is 158 cm³/mol. The molecule has 41 heavy (non-hydrogen) atoms. The summed E-state index contributed by atoms with van der Waals surface area (Å²) in [5.41, 5.74) is 15.8. The second-order valence-corrected chi connectivity index (χ2v) is 12.6. The first kappa shape index (κ1) is 30.1. The van der Waals surface area contributed by atoms with Gasteiger partial charge in [0.1, 0.15) is 18.0 Å². The molecular weight excluding hydrogens is 542 g/mol. The number of benzene rings is 3. The molecule has 0 aromatic heterocycles. The van der Waals surface area contributed by atoms with E-state index in [-0.39, 0.29) is 23.8 Å². The van der Waals surface area contributed by atoms with Gasteiger partial charge in [-0.15, -0.1) is 0 Å². The van der Waals surface area contributed by atoms with Gasteiger partial charge in [-0.1, -0.05) is 62.4 Å². The number of rotatable bonds is 12. The van der Waals surface area contributed by atoms with Gasteiger partial charge >= 0.3 is 12.1 Å². The number of aliphatic carboxylic acids is 1. The average molecular weight is 580 g/mol. The predicted octanol–water partition coefficient (Wildman–Crippen LogP) is 4.86. The van der Waals surface area contributed by atoms with Gasteiger partial charge in [-0.05, 0) is 78.2 Å². The Morgan fingerprint density at radius 1 is 0.927 bits per heavy atom. The van der Waals surface area contributed by atoms with Crippen molar-refractivity contribution in [3.8, 4) is 11.1 Å². The van der Waals surface area contributed by atoms with Crippen LogP contribution in [0.15, 0.2) is 77.7 Å². The van der Waals surface area contributed by atoms with Crippen LogP contribution < -0.4 is 11.5 Å². The highest BCUT2D eigenvalue weighted by Gasteiger charge is 2.45. The van der Waals surface area contributed by atoms with Crippen LogP contribution in [0, 0.1) is 5.92 Å². The number of carbonyl (C=O) groups is 2. The number of hydrogen-bond donors (Lipinski definition) is 3. The highest BCUT2D eigenvalue weighted by molar-refractivity contribution is 7.92. The summed E-state index contributed by atoms with van der Waals surface area (Å²) in [6, 6.07) is 19.9. The van der Waals surface area contributed by atoms with E-state index in [4.69, 9.17) is 16.2 Å². The van der Waals surface area contributed by atoms with E-state index in [1.165, 1.54) is 24.3 Å². The van der Waals surface area contributed by atoms with Crippen LogP contribution in [0.25, 0.3) is 11.1 Å². The van der Waals surface area contributed by atoms with Crippen LogP contribution in [0.2, 0.25) is 0 Å². The highest BCUT2D eigenvalue weighted by Crippen LogP contribution is 2.44. The Morgan fingerprint density at radius 2 is 1.49 bits per heavy atom. The molecular formula is C31H37N3O6S. The number of carboxylic acid groups (broad SMARTS) is 1. The van der Waals surface area contributed by atoms with Gasteiger partial charge in [0, 0.05) is 11.6 Å². The number of unbranched alkanes of at least 4 members (excludes halogenated alkanes) is 1. The normalized spacial score (nSPS) is 14.2. The number of fused-ring (bicyclic) bond motifs is 3. The summed E-state index contributed by atoms with van der Waals surface area (Å²) in [6.07, 6.45) is -0.0473. The third-order valence-electron chi connectivity index (χ3n) is 7.47. The number of carboxylic acids is 1. The van der Waals surface area contributed by atoms with E-state index in [2.05, 4.69) is 0 Å². The Hall–Kier alpha value is -3.89. The molecule has 10 heteroatoms. The molecule has 1 aliphatic rings. The Bertz CT molecular complexity index is 1440. The van der Waals surface area contributed by atoms with E-state index >= 15 is 0 Å². The molecule has 1 amide bonds. The zero-order valence-electron chi connectivity index (χ0n) is 23.3. The largest absolute Gasteiger partial charge is 0.480 e. The van der Waals surface area contributed by atoms with Gasteiger partial charge in [-0.2, -0.15) is 0 Å². The Morgan fingerprint density at radius 3 is 2.00 bits per heavy atom. The summed E-state index contributed by atoms with van der Waals surface area (Å²) in [5, 5.41) is 8.74. The number of nitrogens with two attached hydrogens (primary N) is 2. The summed E-state index contributed by atoms with van der Waals surface area (Å²) in [5.74, 6) is -2.25. The fraction of sp³-hybridized carbons (Fsp3) is 0.355. The molecule has 2 atom stereocenters. The van der Waals surface area contributed by atoms with Crippen molar-refractivity contribution in [1.82, 2.24) is 4.90 Å². The molecule has 1 aliphatic carbocycles. The molecule has 0 saturated heterocycles. The van der Waals surface area contributed by atoms with Gasteiger partial charge in [-0.25, -0.2) is 18.0 Å². The molecule has 0 bridgehead atoms. The van der Waals surface area contributed by atoms with Crippen molar-refractivity contribution in [1.29, 1.82) is 0 Å². The van der Waals surface area contributed by atoms with Gasteiger partial charge in [-0.3, -0.25) is 4.90 Å². The summed E-state index contributed by atoms with van der Waals surface area (Å²) in [7, 11) is -4.22. The van der Waals surface area contributed by atoms with Gasteiger partial charge in [0.05, 0.1) is 4.90 Å². The second kappa shape index (κ2) is 12.7. The maximum Gasteiger partial charge on any atom is 0.411 e. The van der Waals surface area contributed by atoms with Crippen molar-refractivity contribution in [2.75, 3.05) is 18.9 Å². The van der Waals surface area contributed by atoms with Crippen molar-refractivity contribution < 1.29 is 27.9 Å². The molecule has 1 unspecified atom stereocenters. The van der Waals surface area contributed by atoms with Crippen LogP contribution in [0.5, 0.6) is 0 Å². The molecule has 3 aromatic rings. The number of carbonyl (C=O) groups excluding carboxylic acids is 1. The third-order valence-corrected chi connectivity index (χ3v) is 9.81. The Kier molecular flexibility index (Phi) is 9.35. The van der Waals surface area contributed by atoms with Crippen LogP contribution in [-0.4, -0.2) is 55.1 Å². The number of sulfone groups is 1. The first-order valence-corrected chi connectivity index (χ1v) is 15.3. The smallest absolute Gasteiger partial charge is 0.411 e.